The first-order chi connectivity index (χ1) is 10.8. The van der Waals surface area contributed by atoms with E-state index in [1.165, 1.54) is 0 Å². The van der Waals surface area contributed by atoms with Crippen LogP contribution < -0.4 is 11.1 Å². The number of anilines is 1. The summed E-state index contributed by atoms with van der Waals surface area (Å²) in [6.07, 6.45) is 5.56. The molecule has 7 heteroatoms. The highest BCUT2D eigenvalue weighted by Crippen LogP contribution is 2.34. The van der Waals surface area contributed by atoms with Crippen LogP contribution in [0.15, 0.2) is 36.8 Å². The van der Waals surface area contributed by atoms with Gasteiger partial charge in [0.15, 0.2) is 11.5 Å². The molecule has 3 aromatic rings. The van der Waals surface area contributed by atoms with E-state index in [1.54, 1.807) is 6.33 Å². The molecule has 1 saturated carbocycles. The first-order valence-corrected chi connectivity index (χ1v) is 7.39. The van der Waals surface area contributed by atoms with Crippen LogP contribution in [0.3, 0.4) is 0 Å². The summed E-state index contributed by atoms with van der Waals surface area (Å²) in [6, 6.07) is 8.15. The maximum atomic E-state index is 5.84. The standard InChI is InChI=1S/C15H17N7/c16-11-5-10(6-11)12-7-13(19-9-18-12)17-8-15-21-20-14-3-1-2-4-22(14)15/h1-4,7,9-11H,5-6,8,16H2,(H,17,18,19). The molecule has 0 amide bonds. The van der Waals surface area contributed by atoms with Crippen LogP contribution in [0.25, 0.3) is 5.65 Å². The van der Waals surface area contributed by atoms with Crippen molar-refractivity contribution in [1.82, 2.24) is 24.6 Å². The summed E-state index contributed by atoms with van der Waals surface area (Å²) in [5.74, 6) is 2.12. The number of nitrogens with one attached hydrogen (secondary N) is 1. The van der Waals surface area contributed by atoms with E-state index in [9.17, 15) is 0 Å². The van der Waals surface area contributed by atoms with E-state index in [0.29, 0.717) is 18.5 Å². The minimum absolute atomic E-state index is 0.318. The Morgan fingerprint density at radius 2 is 2.14 bits per heavy atom. The quantitative estimate of drug-likeness (QED) is 0.754. The molecule has 112 valence electrons. The lowest BCUT2D eigenvalue weighted by atomic mass is 9.79. The van der Waals surface area contributed by atoms with Crippen LogP contribution in [0.1, 0.15) is 30.3 Å². The minimum Gasteiger partial charge on any atom is -0.363 e. The van der Waals surface area contributed by atoms with Gasteiger partial charge in [0.2, 0.25) is 0 Å². The van der Waals surface area contributed by atoms with Crippen molar-refractivity contribution in [2.45, 2.75) is 31.3 Å². The van der Waals surface area contributed by atoms with E-state index in [1.807, 2.05) is 34.9 Å². The molecule has 1 aliphatic carbocycles. The van der Waals surface area contributed by atoms with Gasteiger partial charge in [0.25, 0.3) is 0 Å². The Morgan fingerprint density at radius 1 is 1.23 bits per heavy atom. The molecule has 0 atom stereocenters. The first kappa shape index (κ1) is 13.1. The molecule has 22 heavy (non-hydrogen) atoms. The van der Waals surface area contributed by atoms with Crippen LogP contribution in [0.4, 0.5) is 5.82 Å². The van der Waals surface area contributed by atoms with Gasteiger partial charge in [-0.3, -0.25) is 4.40 Å². The van der Waals surface area contributed by atoms with E-state index in [0.717, 1.165) is 35.8 Å². The SMILES string of the molecule is NC1CC(c2cc(NCc3nnc4ccccn34)ncn2)C1. The third kappa shape index (κ3) is 2.39. The lowest BCUT2D eigenvalue weighted by Gasteiger charge is -2.31. The summed E-state index contributed by atoms with van der Waals surface area (Å²) in [4.78, 5) is 8.62. The lowest BCUT2D eigenvalue weighted by Crippen LogP contribution is -2.35. The van der Waals surface area contributed by atoms with Gasteiger partial charge in [-0.2, -0.15) is 0 Å². The fourth-order valence-corrected chi connectivity index (χ4v) is 2.78. The molecule has 4 rings (SSSR count). The van der Waals surface area contributed by atoms with Gasteiger partial charge in [-0.1, -0.05) is 6.07 Å². The smallest absolute Gasteiger partial charge is 0.160 e. The number of hydrogen-bond donors (Lipinski definition) is 2. The molecule has 0 aliphatic heterocycles. The monoisotopic (exact) mass is 295 g/mol. The van der Waals surface area contributed by atoms with Crippen LogP contribution in [0.2, 0.25) is 0 Å². The van der Waals surface area contributed by atoms with Crippen LogP contribution in [-0.4, -0.2) is 30.6 Å². The maximum absolute atomic E-state index is 5.84. The summed E-state index contributed by atoms with van der Waals surface area (Å²) >= 11 is 0. The van der Waals surface area contributed by atoms with Crippen molar-refractivity contribution < 1.29 is 0 Å². The highest BCUT2D eigenvalue weighted by molar-refractivity contribution is 5.39. The molecule has 0 aromatic carbocycles. The Morgan fingerprint density at radius 3 is 3.00 bits per heavy atom. The van der Waals surface area contributed by atoms with Crippen molar-refractivity contribution in [3.8, 4) is 0 Å². The Kier molecular flexibility index (Phi) is 3.19. The van der Waals surface area contributed by atoms with E-state index < -0.39 is 0 Å². The predicted octanol–water partition coefficient (Wildman–Crippen LogP) is 1.34. The van der Waals surface area contributed by atoms with Gasteiger partial charge in [0.05, 0.1) is 6.54 Å². The zero-order chi connectivity index (χ0) is 14.9. The summed E-state index contributed by atoms with van der Waals surface area (Å²) in [7, 11) is 0. The molecule has 1 fully saturated rings. The van der Waals surface area contributed by atoms with Gasteiger partial charge in [0, 0.05) is 29.9 Å². The summed E-state index contributed by atoms with van der Waals surface area (Å²) in [5.41, 5.74) is 7.74. The topological polar surface area (TPSA) is 94.0 Å². The van der Waals surface area contributed by atoms with Crippen LogP contribution >= 0.6 is 0 Å². The highest BCUT2D eigenvalue weighted by atomic mass is 15.3. The van der Waals surface area contributed by atoms with Crippen LogP contribution in [-0.2, 0) is 6.54 Å². The zero-order valence-corrected chi connectivity index (χ0v) is 12.1. The largest absolute Gasteiger partial charge is 0.363 e. The van der Waals surface area contributed by atoms with Gasteiger partial charge in [-0.25, -0.2) is 9.97 Å². The van der Waals surface area contributed by atoms with E-state index >= 15 is 0 Å². The molecule has 0 radical (unpaired) electrons. The van der Waals surface area contributed by atoms with Crippen molar-refractivity contribution >= 4 is 11.5 Å². The van der Waals surface area contributed by atoms with Crippen molar-refractivity contribution in [1.29, 1.82) is 0 Å². The van der Waals surface area contributed by atoms with Crippen molar-refractivity contribution in [2.24, 2.45) is 5.73 Å². The third-order valence-electron chi connectivity index (χ3n) is 4.09. The summed E-state index contributed by atoms with van der Waals surface area (Å²) in [5, 5.41) is 11.6. The van der Waals surface area contributed by atoms with Gasteiger partial charge in [-0.05, 0) is 25.0 Å². The van der Waals surface area contributed by atoms with Crippen molar-refractivity contribution in [2.75, 3.05) is 5.32 Å². The van der Waals surface area contributed by atoms with Crippen molar-refractivity contribution in [3.05, 3.63) is 48.3 Å². The normalized spacial score (nSPS) is 20.8. The number of hydrogen-bond acceptors (Lipinski definition) is 6. The number of aromatic nitrogens is 5. The zero-order valence-electron chi connectivity index (χ0n) is 12.1. The number of nitrogens with two attached hydrogens (primary N) is 1. The predicted molar refractivity (Wildman–Crippen MR) is 82.3 cm³/mol. The van der Waals surface area contributed by atoms with Crippen LogP contribution in [0, 0.1) is 0 Å². The van der Waals surface area contributed by atoms with E-state index in [-0.39, 0.29) is 0 Å². The summed E-state index contributed by atoms with van der Waals surface area (Å²) < 4.78 is 1.96. The molecular formula is C15H17N7. The third-order valence-corrected chi connectivity index (χ3v) is 4.09. The van der Waals surface area contributed by atoms with Gasteiger partial charge >= 0.3 is 0 Å². The lowest BCUT2D eigenvalue weighted by molar-refractivity contribution is 0.345. The highest BCUT2D eigenvalue weighted by Gasteiger charge is 2.28. The number of fused-ring (bicyclic) bond motifs is 1. The maximum Gasteiger partial charge on any atom is 0.160 e. The van der Waals surface area contributed by atoms with Gasteiger partial charge in [0.1, 0.15) is 12.1 Å². The molecule has 3 N–H and O–H groups in total. The first-order valence-electron chi connectivity index (χ1n) is 7.39. The Balaban J connectivity index is 1.48. The molecule has 0 unspecified atom stereocenters. The fourth-order valence-electron chi connectivity index (χ4n) is 2.78. The number of rotatable bonds is 4. The van der Waals surface area contributed by atoms with Gasteiger partial charge < -0.3 is 11.1 Å². The molecule has 0 bridgehead atoms. The molecule has 1 aliphatic rings. The van der Waals surface area contributed by atoms with E-state index in [4.69, 9.17) is 5.73 Å². The molecule has 3 heterocycles. The molecule has 0 spiro atoms. The average molecular weight is 295 g/mol. The Hall–Kier alpha value is -2.54. The average Bonchev–Trinajstić information content (AvgIpc) is 2.93. The fraction of sp³-hybridized carbons (Fsp3) is 0.333. The van der Waals surface area contributed by atoms with Crippen molar-refractivity contribution in [3.63, 3.8) is 0 Å². The molecular weight excluding hydrogens is 278 g/mol. The van der Waals surface area contributed by atoms with Crippen LogP contribution in [0.5, 0.6) is 0 Å². The van der Waals surface area contributed by atoms with Gasteiger partial charge in [-0.15, -0.1) is 10.2 Å². The second-order valence-electron chi connectivity index (χ2n) is 5.66. The Labute approximate surface area is 127 Å². The number of pyridine rings is 1. The molecule has 3 aromatic heterocycles. The minimum atomic E-state index is 0.318. The second kappa shape index (κ2) is 5.34. The number of nitrogens with zero attached hydrogens (tertiary/aromatic N) is 5. The second-order valence-corrected chi connectivity index (χ2v) is 5.66. The molecule has 0 saturated heterocycles. The summed E-state index contributed by atoms with van der Waals surface area (Å²) in [6.45, 7) is 0.561. The van der Waals surface area contributed by atoms with E-state index in [2.05, 4.69) is 25.5 Å². The molecule has 7 nitrogen and oxygen atoms in total. The Bertz CT molecular complexity index is 791.